The Bertz CT molecular complexity index is 358. The molecule has 0 atom stereocenters. The Hall–Kier alpha value is -1.56. The van der Waals surface area contributed by atoms with Crippen molar-refractivity contribution in [3.05, 3.63) is 5.82 Å². The number of aromatic nitrogens is 2. The van der Waals surface area contributed by atoms with Gasteiger partial charge in [0.1, 0.15) is 11.5 Å². The van der Waals surface area contributed by atoms with Crippen molar-refractivity contribution >= 4 is 11.5 Å². The minimum absolute atomic E-state index is 0.439. The van der Waals surface area contributed by atoms with Crippen molar-refractivity contribution in [3.8, 4) is 5.88 Å². The average molecular weight is 240 g/mol. The van der Waals surface area contributed by atoms with Crippen LogP contribution in [-0.4, -0.2) is 36.8 Å². The standard InChI is InChI=1S/C11H20N4O2/c1-4-17-11-9(12)10(14-8(2)15-11)13-6-5-7-16-3/h4-7,12H2,1-3H3,(H,13,14,15). The monoisotopic (exact) mass is 240 g/mol. The fourth-order valence-electron chi connectivity index (χ4n) is 1.36. The van der Waals surface area contributed by atoms with E-state index in [0.717, 1.165) is 13.0 Å². The zero-order chi connectivity index (χ0) is 12.7. The second-order valence-corrected chi connectivity index (χ2v) is 3.54. The maximum Gasteiger partial charge on any atom is 0.242 e. The van der Waals surface area contributed by atoms with E-state index in [1.165, 1.54) is 0 Å². The summed E-state index contributed by atoms with van der Waals surface area (Å²) in [6, 6.07) is 0. The predicted molar refractivity (Wildman–Crippen MR) is 67.3 cm³/mol. The third kappa shape index (κ3) is 4.07. The highest BCUT2D eigenvalue weighted by Gasteiger charge is 2.10. The summed E-state index contributed by atoms with van der Waals surface area (Å²) in [6.07, 6.45) is 0.892. The van der Waals surface area contributed by atoms with Gasteiger partial charge in [-0.25, -0.2) is 4.98 Å². The minimum atomic E-state index is 0.439. The van der Waals surface area contributed by atoms with Crippen molar-refractivity contribution < 1.29 is 9.47 Å². The van der Waals surface area contributed by atoms with E-state index in [9.17, 15) is 0 Å². The topological polar surface area (TPSA) is 82.3 Å². The van der Waals surface area contributed by atoms with Crippen LogP contribution >= 0.6 is 0 Å². The largest absolute Gasteiger partial charge is 0.476 e. The summed E-state index contributed by atoms with van der Waals surface area (Å²) in [5, 5.41) is 3.15. The minimum Gasteiger partial charge on any atom is -0.476 e. The third-order valence-corrected chi connectivity index (χ3v) is 2.12. The van der Waals surface area contributed by atoms with E-state index in [2.05, 4.69) is 15.3 Å². The van der Waals surface area contributed by atoms with Crippen LogP contribution < -0.4 is 15.8 Å². The number of nitrogens with zero attached hydrogens (tertiary/aromatic N) is 2. The molecular formula is C11H20N4O2. The molecule has 1 aromatic heterocycles. The Balaban J connectivity index is 2.69. The smallest absolute Gasteiger partial charge is 0.242 e. The lowest BCUT2D eigenvalue weighted by Crippen LogP contribution is -2.11. The number of methoxy groups -OCH3 is 1. The van der Waals surface area contributed by atoms with Gasteiger partial charge in [0.15, 0.2) is 5.82 Å². The van der Waals surface area contributed by atoms with Crippen LogP contribution in [0.5, 0.6) is 5.88 Å². The first-order valence-corrected chi connectivity index (χ1v) is 5.68. The zero-order valence-electron chi connectivity index (χ0n) is 10.6. The summed E-state index contributed by atoms with van der Waals surface area (Å²) >= 11 is 0. The highest BCUT2D eigenvalue weighted by Crippen LogP contribution is 2.25. The van der Waals surface area contributed by atoms with E-state index in [-0.39, 0.29) is 0 Å². The number of ether oxygens (including phenoxy) is 2. The molecule has 0 aliphatic carbocycles. The molecule has 0 aliphatic heterocycles. The number of anilines is 2. The number of nitrogens with one attached hydrogen (secondary N) is 1. The van der Waals surface area contributed by atoms with Crippen molar-refractivity contribution in [1.82, 2.24) is 9.97 Å². The van der Waals surface area contributed by atoms with E-state index in [1.807, 2.05) is 13.8 Å². The molecule has 1 aromatic rings. The quantitative estimate of drug-likeness (QED) is 0.697. The van der Waals surface area contributed by atoms with E-state index in [4.69, 9.17) is 15.2 Å². The van der Waals surface area contributed by atoms with E-state index >= 15 is 0 Å². The first kappa shape index (κ1) is 13.5. The van der Waals surface area contributed by atoms with Gasteiger partial charge in [-0.15, -0.1) is 0 Å². The van der Waals surface area contributed by atoms with Crippen LogP contribution in [0.15, 0.2) is 0 Å². The second-order valence-electron chi connectivity index (χ2n) is 3.54. The Kier molecular flexibility index (Phi) is 5.48. The molecule has 0 saturated heterocycles. The maximum absolute atomic E-state index is 5.91. The Morgan fingerprint density at radius 3 is 2.76 bits per heavy atom. The van der Waals surface area contributed by atoms with Crippen LogP contribution in [0.1, 0.15) is 19.2 Å². The molecule has 17 heavy (non-hydrogen) atoms. The van der Waals surface area contributed by atoms with Crippen LogP contribution in [0.4, 0.5) is 11.5 Å². The normalized spacial score (nSPS) is 10.3. The van der Waals surface area contributed by atoms with Gasteiger partial charge in [-0.3, -0.25) is 0 Å². The summed E-state index contributed by atoms with van der Waals surface area (Å²) in [5.74, 6) is 1.70. The van der Waals surface area contributed by atoms with E-state index < -0.39 is 0 Å². The van der Waals surface area contributed by atoms with Gasteiger partial charge in [-0.1, -0.05) is 0 Å². The SMILES string of the molecule is CCOc1nc(C)nc(NCCCOC)c1N. The fourth-order valence-corrected chi connectivity index (χ4v) is 1.36. The summed E-state index contributed by atoms with van der Waals surface area (Å²) < 4.78 is 10.3. The van der Waals surface area contributed by atoms with Gasteiger partial charge in [0, 0.05) is 20.3 Å². The Labute approximate surface area is 102 Å². The van der Waals surface area contributed by atoms with Gasteiger partial charge >= 0.3 is 0 Å². The predicted octanol–water partition coefficient (Wildman–Crippen LogP) is 1.21. The highest BCUT2D eigenvalue weighted by molar-refractivity contribution is 5.66. The molecule has 0 aromatic carbocycles. The van der Waals surface area contributed by atoms with Gasteiger partial charge < -0.3 is 20.5 Å². The van der Waals surface area contributed by atoms with Gasteiger partial charge in [0.2, 0.25) is 5.88 Å². The summed E-state index contributed by atoms with van der Waals surface area (Å²) in [7, 11) is 1.68. The summed E-state index contributed by atoms with van der Waals surface area (Å²) in [6.45, 7) is 5.68. The third-order valence-electron chi connectivity index (χ3n) is 2.12. The van der Waals surface area contributed by atoms with Gasteiger partial charge in [-0.05, 0) is 20.3 Å². The lowest BCUT2D eigenvalue weighted by molar-refractivity contribution is 0.198. The zero-order valence-corrected chi connectivity index (χ0v) is 10.6. The number of hydrogen-bond acceptors (Lipinski definition) is 6. The summed E-state index contributed by atoms with van der Waals surface area (Å²) in [5.41, 5.74) is 6.36. The lowest BCUT2D eigenvalue weighted by Gasteiger charge is -2.12. The van der Waals surface area contributed by atoms with Gasteiger partial charge in [0.25, 0.3) is 0 Å². The first-order chi connectivity index (χ1) is 8.19. The van der Waals surface area contributed by atoms with Crippen molar-refractivity contribution in [3.63, 3.8) is 0 Å². The lowest BCUT2D eigenvalue weighted by atomic mass is 10.4. The molecule has 6 heteroatoms. The molecule has 0 fully saturated rings. The van der Waals surface area contributed by atoms with Crippen molar-refractivity contribution in [2.24, 2.45) is 0 Å². The number of aryl methyl sites for hydroxylation is 1. The first-order valence-electron chi connectivity index (χ1n) is 5.68. The van der Waals surface area contributed by atoms with E-state index in [1.54, 1.807) is 7.11 Å². The average Bonchev–Trinajstić information content (AvgIpc) is 2.30. The highest BCUT2D eigenvalue weighted by atomic mass is 16.5. The molecule has 96 valence electrons. The molecular weight excluding hydrogens is 220 g/mol. The molecule has 0 aliphatic rings. The molecule has 3 N–H and O–H groups in total. The molecule has 1 rings (SSSR count). The fraction of sp³-hybridized carbons (Fsp3) is 0.636. The molecule has 0 spiro atoms. The number of nitrogen functional groups attached to an aromatic ring is 1. The Morgan fingerprint density at radius 1 is 1.35 bits per heavy atom. The van der Waals surface area contributed by atoms with Crippen molar-refractivity contribution in [2.45, 2.75) is 20.3 Å². The maximum atomic E-state index is 5.91. The van der Waals surface area contributed by atoms with Crippen LogP contribution in [-0.2, 0) is 4.74 Å². The van der Waals surface area contributed by atoms with Crippen LogP contribution in [0, 0.1) is 6.92 Å². The Morgan fingerprint density at radius 2 is 2.12 bits per heavy atom. The van der Waals surface area contributed by atoms with Crippen LogP contribution in [0.2, 0.25) is 0 Å². The van der Waals surface area contributed by atoms with Crippen molar-refractivity contribution in [1.29, 1.82) is 0 Å². The molecule has 6 nitrogen and oxygen atoms in total. The number of hydrogen-bond donors (Lipinski definition) is 2. The molecule has 0 amide bonds. The van der Waals surface area contributed by atoms with Gasteiger partial charge in [-0.2, -0.15) is 4.98 Å². The number of rotatable bonds is 7. The molecule has 0 unspecified atom stereocenters. The van der Waals surface area contributed by atoms with E-state index in [0.29, 0.717) is 36.4 Å². The molecule has 0 saturated carbocycles. The van der Waals surface area contributed by atoms with Crippen molar-refractivity contribution in [2.75, 3.05) is 37.9 Å². The summed E-state index contributed by atoms with van der Waals surface area (Å²) in [4.78, 5) is 8.39. The molecule has 0 bridgehead atoms. The molecule has 0 radical (unpaired) electrons. The number of nitrogens with two attached hydrogens (primary N) is 1. The second kappa shape index (κ2) is 6.90. The van der Waals surface area contributed by atoms with Gasteiger partial charge in [0.05, 0.1) is 6.61 Å². The molecule has 1 heterocycles. The van der Waals surface area contributed by atoms with Crippen LogP contribution in [0.25, 0.3) is 0 Å². The van der Waals surface area contributed by atoms with Crippen LogP contribution in [0.3, 0.4) is 0 Å².